The van der Waals surface area contributed by atoms with Crippen molar-refractivity contribution >= 4 is 0 Å². The Bertz CT molecular complexity index is 327. The summed E-state index contributed by atoms with van der Waals surface area (Å²) in [5, 5.41) is 0. The third-order valence-electron chi connectivity index (χ3n) is 4.82. The summed E-state index contributed by atoms with van der Waals surface area (Å²) in [5.41, 5.74) is -0.0486. The molecule has 2 unspecified atom stereocenters. The van der Waals surface area contributed by atoms with Crippen molar-refractivity contribution in [1.82, 2.24) is 0 Å². The van der Waals surface area contributed by atoms with E-state index in [0.717, 1.165) is 12.8 Å². The molecule has 0 aromatic rings. The molecule has 0 aromatic heterocycles. The summed E-state index contributed by atoms with van der Waals surface area (Å²) in [6.45, 7) is 11.0. The van der Waals surface area contributed by atoms with E-state index in [1.807, 2.05) is 6.92 Å². The van der Waals surface area contributed by atoms with Gasteiger partial charge in [-0.25, -0.2) is 0 Å². The van der Waals surface area contributed by atoms with Crippen LogP contribution in [0.25, 0.3) is 0 Å². The van der Waals surface area contributed by atoms with E-state index in [4.69, 9.17) is 14.2 Å². The standard InChI is InChI=1S/C14H24O3/c1-8(2)12-11-6-10-7-14(12,9(3)4)17-13(5,15-10)16-11/h8-12H,6-7H2,1-5H3/t10-,11+,12?,13?,14+/m0/s1. The van der Waals surface area contributed by atoms with Crippen molar-refractivity contribution in [1.29, 1.82) is 0 Å². The molecule has 0 amide bonds. The molecule has 4 bridgehead atoms. The van der Waals surface area contributed by atoms with Gasteiger partial charge in [0.25, 0.3) is 5.97 Å². The molecule has 4 rings (SSSR count). The Balaban J connectivity index is 2.03. The van der Waals surface area contributed by atoms with Crippen molar-refractivity contribution in [2.45, 2.75) is 71.2 Å². The molecule has 3 nitrogen and oxygen atoms in total. The van der Waals surface area contributed by atoms with Crippen LogP contribution in [0.3, 0.4) is 0 Å². The molecule has 3 heterocycles. The maximum atomic E-state index is 6.29. The van der Waals surface area contributed by atoms with Crippen LogP contribution in [-0.2, 0) is 14.2 Å². The summed E-state index contributed by atoms with van der Waals surface area (Å²) >= 11 is 0. The molecule has 4 fully saturated rings. The normalized spacial score (nSPS) is 52.8. The van der Waals surface area contributed by atoms with E-state index < -0.39 is 5.97 Å². The average molecular weight is 240 g/mol. The van der Waals surface area contributed by atoms with Crippen LogP contribution in [0.15, 0.2) is 0 Å². The van der Waals surface area contributed by atoms with E-state index in [9.17, 15) is 0 Å². The summed E-state index contributed by atoms with van der Waals surface area (Å²) in [6.07, 6.45) is 2.70. The van der Waals surface area contributed by atoms with Gasteiger partial charge in [0.05, 0.1) is 17.8 Å². The molecule has 98 valence electrons. The van der Waals surface area contributed by atoms with Gasteiger partial charge in [0.1, 0.15) is 0 Å². The van der Waals surface area contributed by atoms with Crippen molar-refractivity contribution in [2.75, 3.05) is 0 Å². The fraction of sp³-hybridized carbons (Fsp3) is 1.00. The minimum Gasteiger partial charge on any atom is -0.324 e. The third-order valence-corrected chi connectivity index (χ3v) is 4.82. The highest BCUT2D eigenvalue weighted by Gasteiger charge is 2.65. The second-order valence-electron chi connectivity index (χ2n) is 6.68. The zero-order chi connectivity index (χ0) is 12.4. The molecule has 3 saturated heterocycles. The molecule has 0 N–H and O–H groups in total. The van der Waals surface area contributed by atoms with Gasteiger partial charge in [-0.05, 0) is 11.8 Å². The first-order valence-corrected chi connectivity index (χ1v) is 6.92. The molecule has 4 aliphatic rings. The van der Waals surface area contributed by atoms with Gasteiger partial charge in [-0.3, -0.25) is 0 Å². The van der Waals surface area contributed by atoms with Crippen LogP contribution >= 0.6 is 0 Å². The largest absolute Gasteiger partial charge is 0.324 e. The Morgan fingerprint density at radius 3 is 2.35 bits per heavy atom. The molecule has 1 saturated carbocycles. The van der Waals surface area contributed by atoms with Crippen molar-refractivity contribution in [2.24, 2.45) is 17.8 Å². The first-order valence-electron chi connectivity index (χ1n) is 6.92. The molecule has 5 atom stereocenters. The lowest BCUT2D eigenvalue weighted by atomic mass is 9.61. The lowest BCUT2D eigenvalue weighted by Crippen LogP contribution is -2.73. The van der Waals surface area contributed by atoms with E-state index in [2.05, 4.69) is 27.7 Å². The van der Waals surface area contributed by atoms with Crippen LogP contribution in [-0.4, -0.2) is 23.8 Å². The fourth-order valence-electron chi connectivity index (χ4n) is 4.35. The summed E-state index contributed by atoms with van der Waals surface area (Å²) in [6, 6.07) is 0. The minimum atomic E-state index is -0.790. The Hall–Kier alpha value is -0.120. The first kappa shape index (κ1) is 11.9. The van der Waals surface area contributed by atoms with Gasteiger partial charge in [0.2, 0.25) is 0 Å². The molecule has 0 spiro atoms. The predicted molar refractivity (Wildman–Crippen MR) is 64.4 cm³/mol. The van der Waals surface area contributed by atoms with Gasteiger partial charge >= 0.3 is 0 Å². The summed E-state index contributed by atoms with van der Waals surface area (Å²) in [5.74, 6) is 0.802. The van der Waals surface area contributed by atoms with Crippen LogP contribution in [0.1, 0.15) is 47.5 Å². The quantitative estimate of drug-likeness (QED) is 0.742. The summed E-state index contributed by atoms with van der Waals surface area (Å²) < 4.78 is 18.2. The number of hydrogen-bond acceptors (Lipinski definition) is 3. The number of hydrogen-bond donors (Lipinski definition) is 0. The molecule has 17 heavy (non-hydrogen) atoms. The Morgan fingerprint density at radius 2 is 1.82 bits per heavy atom. The van der Waals surface area contributed by atoms with E-state index in [0.29, 0.717) is 30.0 Å². The van der Waals surface area contributed by atoms with Gasteiger partial charge in [-0.2, -0.15) is 0 Å². The van der Waals surface area contributed by atoms with E-state index in [1.165, 1.54) is 0 Å². The summed E-state index contributed by atoms with van der Waals surface area (Å²) in [4.78, 5) is 0. The molecular formula is C14H24O3. The van der Waals surface area contributed by atoms with Gasteiger partial charge < -0.3 is 14.2 Å². The first-order chi connectivity index (χ1) is 7.86. The highest BCUT2D eigenvalue weighted by atomic mass is 16.9. The second-order valence-corrected chi connectivity index (χ2v) is 6.68. The van der Waals surface area contributed by atoms with E-state index >= 15 is 0 Å². The van der Waals surface area contributed by atoms with Crippen LogP contribution in [0.2, 0.25) is 0 Å². The SMILES string of the molecule is CC(C)C1[C@H]2C[C@H]3C[C@]1(C(C)C)OC(C)(O3)O2. The summed E-state index contributed by atoms with van der Waals surface area (Å²) in [7, 11) is 0. The minimum absolute atomic E-state index is 0.0486. The molecule has 1 aliphatic carbocycles. The highest BCUT2D eigenvalue weighted by Crippen LogP contribution is 2.57. The smallest absolute Gasteiger partial charge is 0.280 e. The Labute approximate surface area is 104 Å². The maximum Gasteiger partial charge on any atom is 0.280 e. The zero-order valence-corrected chi connectivity index (χ0v) is 11.5. The predicted octanol–water partition coefficient (Wildman–Crippen LogP) is 2.94. The number of ether oxygens (including phenoxy) is 3. The monoisotopic (exact) mass is 240 g/mol. The fourth-order valence-corrected chi connectivity index (χ4v) is 4.35. The van der Waals surface area contributed by atoms with Crippen LogP contribution < -0.4 is 0 Å². The van der Waals surface area contributed by atoms with Gasteiger partial charge in [-0.15, -0.1) is 0 Å². The van der Waals surface area contributed by atoms with Crippen LogP contribution in [0.4, 0.5) is 0 Å². The highest BCUT2D eigenvalue weighted by molar-refractivity contribution is 5.08. The van der Waals surface area contributed by atoms with Gasteiger partial charge in [0, 0.05) is 25.7 Å². The van der Waals surface area contributed by atoms with E-state index in [-0.39, 0.29) is 5.60 Å². The van der Waals surface area contributed by atoms with Crippen LogP contribution in [0, 0.1) is 17.8 Å². The lowest BCUT2D eigenvalue weighted by molar-refractivity contribution is -0.530. The van der Waals surface area contributed by atoms with E-state index in [1.54, 1.807) is 0 Å². The maximum absolute atomic E-state index is 6.29. The topological polar surface area (TPSA) is 27.7 Å². The number of rotatable bonds is 2. The average Bonchev–Trinajstić information content (AvgIpc) is 2.12. The lowest BCUT2D eigenvalue weighted by Gasteiger charge is -2.65. The van der Waals surface area contributed by atoms with Crippen molar-refractivity contribution in [3.05, 3.63) is 0 Å². The Kier molecular flexibility index (Phi) is 2.43. The third kappa shape index (κ3) is 1.52. The molecular weight excluding hydrogens is 216 g/mol. The Morgan fingerprint density at radius 1 is 1.12 bits per heavy atom. The van der Waals surface area contributed by atoms with Gasteiger partial charge in [-0.1, -0.05) is 27.7 Å². The molecule has 0 radical (unpaired) electrons. The second kappa shape index (κ2) is 3.46. The molecule has 0 aromatic carbocycles. The van der Waals surface area contributed by atoms with Gasteiger partial charge in [0.15, 0.2) is 0 Å². The molecule has 3 heteroatoms. The van der Waals surface area contributed by atoms with Crippen molar-refractivity contribution in [3.8, 4) is 0 Å². The van der Waals surface area contributed by atoms with Crippen molar-refractivity contribution < 1.29 is 14.2 Å². The van der Waals surface area contributed by atoms with Crippen molar-refractivity contribution in [3.63, 3.8) is 0 Å². The van der Waals surface area contributed by atoms with Crippen LogP contribution in [0.5, 0.6) is 0 Å². The zero-order valence-electron chi connectivity index (χ0n) is 11.5. The molecule has 3 aliphatic heterocycles.